The number of nitrogens with zero attached hydrogens (tertiary/aromatic N) is 2. The number of aryl methyl sites for hydroxylation is 1. The molecule has 3 saturated heterocycles. The third-order valence-electron chi connectivity index (χ3n) is 6.90. The van der Waals surface area contributed by atoms with Crippen LogP contribution in [0, 0.1) is 18.3 Å². The van der Waals surface area contributed by atoms with Gasteiger partial charge >= 0.3 is 0 Å². The molecule has 0 saturated carbocycles. The summed E-state index contributed by atoms with van der Waals surface area (Å²) in [5.74, 6) is 1.01. The highest BCUT2D eigenvalue weighted by Crippen LogP contribution is 2.42. The van der Waals surface area contributed by atoms with Gasteiger partial charge in [0.25, 0.3) is 5.91 Å². The van der Waals surface area contributed by atoms with Crippen molar-refractivity contribution in [2.45, 2.75) is 52.1 Å². The van der Waals surface area contributed by atoms with Gasteiger partial charge in [0.15, 0.2) is 0 Å². The Morgan fingerprint density at radius 3 is 2.63 bits per heavy atom. The molecule has 0 N–H and O–H groups in total. The number of carbonyl (C=O) groups is 1. The van der Waals surface area contributed by atoms with E-state index >= 15 is 0 Å². The highest BCUT2D eigenvalue weighted by Gasteiger charge is 2.43. The minimum Gasteiger partial charge on any atom is -0.376 e. The van der Waals surface area contributed by atoms with E-state index in [1.165, 1.54) is 37.9 Å². The molecule has 0 unspecified atom stereocenters. The average molecular weight is 371 g/mol. The van der Waals surface area contributed by atoms with Gasteiger partial charge in [0.2, 0.25) is 0 Å². The normalized spacial score (nSPS) is 28.6. The van der Waals surface area contributed by atoms with E-state index in [1.54, 1.807) is 0 Å². The van der Waals surface area contributed by atoms with Crippen molar-refractivity contribution in [3.63, 3.8) is 0 Å². The number of hydrogen-bond acceptors (Lipinski definition) is 3. The lowest BCUT2D eigenvalue weighted by atomic mass is 9.76. The molecule has 1 aromatic rings. The second-order valence-corrected chi connectivity index (χ2v) is 9.30. The first-order chi connectivity index (χ1) is 13.0. The molecule has 148 valence electrons. The lowest BCUT2D eigenvalue weighted by Gasteiger charge is -2.38. The number of hydrogen-bond donors (Lipinski definition) is 0. The number of ether oxygens (including phenoxy) is 1. The van der Waals surface area contributed by atoms with Crippen molar-refractivity contribution in [1.82, 2.24) is 9.80 Å². The first-order valence-corrected chi connectivity index (χ1v) is 10.7. The van der Waals surface area contributed by atoms with Crippen LogP contribution in [0.3, 0.4) is 0 Å². The van der Waals surface area contributed by atoms with Gasteiger partial charge < -0.3 is 14.5 Å². The molecule has 0 bridgehead atoms. The van der Waals surface area contributed by atoms with E-state index in [2.05, 4.69) is 18.7 Å². The Bertz CT molecular complexity index is 649. The zero-order valence-corrected chi connectivity index (χ0v) is 17.0. The van der Waals surface area contributed by atoms with E-state index in [0.29, 0.717) is 11.5 Å². The summed E-state index contributed by atoms with van der Waals surface area (Å²) in [5.41, 5.74) is 2.31. The highest BCUT2D eigenvalue weighted by atomic mass is 16.5. The predicted molar refractivity (Wildman–Crippen MR) is 108 cm³/mol. The minimum absolute atomic E-state index is 0.183. The Hall–Kier alpha value is -1.39. The Morgan fingerprint density at radius 2 is 1.93 bits per heavy atom. The molecule has 1 spiro atoms. The predicted octanol–water partition coefficient (Wildman–Crippen LogP) is 3.74. The summed E-state index contributed by atoms with van der Waals surface area (Å²) < 4.78 is 6.23. The summed E-state index contributed by atoms with van der Waals surface area (Å²) in [4.78, 5) is 17.4. The molecule has 0 radical (unpaired) electrons. The molecular weight excluding hydrogens is 336 g/mol. The smallest absolute Gasteiger partial charge is 0.253 e. The number of likely N-dealkylation sites (tertiary alicyclic amines) is 2. The summed E-state index contributed by atoms with van der Waals surface area (Å²) in [6.07, 6.45) is 6.42. The van der Waals surface area contributed by atoms with E-state index in [1.807, 2.05) is 29.2 Å². The summed E-state index contributed by atoms with van der Waals surface area (Å²) in [6.45, 7) is 10.6. The van der Waals surface area contributed by atoms with Crippen molar-refractivity contribution < 1.29 is 9.53 Å². The molecule has 4 nitrogen and oxygen atoms in total. The zero-order chi connectivity index (χ0) is 18.9. The maximum absolute atomic E-state index is 12.8. The van der Waals surface area contributed by atoms with E-state index in [4.69, 9.17) is 4.74 Å². The lowest BCUT2D eigenvalue weighted by Crippen LogP contribution is -2.44. The van der Waals surface area contributed by atoms with Gasteiger partial charge in [-0.2, -0.15) is 0 Å². The van der Waals surface area contributed by atoms with Crippen molar-refractivity contribution >= 4 is 5.91 Å². The lowest BCUT2D eigenvalue weighted by molar-refractivity contribution is 0.0402. The second kappa shape index (κ2) is 7.92. The van der Waals surface area contributed by atoms with Gasteiger partial charge in [-0.1, -0.05) is 24.6 Å². The van der Waals surface area contributed by atoms with Crippen LogP contribution >= 0.6 is 0 Å². The molecule has 3 aliphatic rings. The number of amides is 1. The van der Waals surface area contributed by atoms with E-state index in [9.17, 15) is 4.79 Å². The molecule has 3 fully saturated rings. The standard InChI is InChI=1S/C23H34N2O2/c1-18-5-7-20(8-6-18)22(26)25-12-9-23(10-13-25)14-21(27-17-23)16-24-11-3-4-19(2)15-24/h5-8,19,21H,3-4,9-17H2,1-2H3/t19-,21-/m1/s1. The third kappa shape index (κ3) is 4.38. The quantitative estimate of drug-likeness (QED) is 0.813. The first kappa shape index (κ1) is 18.9. The van der Waals surface area contributed by atoms with Crippen LogP contribution < -0.4 is 0 Å². The second-order valence-electron chi connectivity index (χ2n) is 9.30. The SMILES string of the molecule is Cc1ccc(C(=O)N2CCC3(CC2)CO[C@@H](CN2CCC[C@@H](C)C2)C3)cc1. The molecular formula is C23H34N2O2. The Balaban J connectivity index is 1.28. The summed E-state index contributed by atoms with van der Waals surface area (Å²) in [7, 11) is 0. The molecule has 3 aliphatic heterocycles. The van der Waals surface area contributed by atoms with Crippen molar-refractivity contribution in [3.05, 3.63) is 35.4 Å². The van der Waals surface area contributed by atoms with Crippen LogP contribution in [0.15, 0.2) is 24.3 Å². The van der Waals surface area contributed by atoms with Gasteiger partial charge in [-0.3, -0.25) is 4.79 Å². The van der Waals surface area contributed by atoms with Crippen molar-refractivity contribution in [2.24, 2.45) is 11.3 Å². The summed E-state index contributed by atoms with van der Waals surface area (Å²) >= 11 is 0. The van der Waals surface area contributed by atoms with E-state index in [-0.39, 0.29) is 5.91 Å². The number of rotatable bonds is 3. The van der Waals surface area contributed by atoms with Gasteiger partial charge in [-0.15, -0.1) is 0 Å². The van der Waals surface area contributed by atoms with Gasteiger partial charge in [0.1, 0.15) is 0 Å². The Kier molecular flexibility index (Phi) is 5.56. The fourth-order valence-electron chi connectivity index (χ4n) is 5.16. The van der Waals surface area contributed by atoms with Crippen LogP contribution in [0.4, 0.5) is 0 Å². The topological polar surface area (TPSA) is 32.8 Å². The van der Waals surface area contributed by atoms with Crippen molar-refractivity contribution in [2.75, 3.05) is 39.3 Å². The van der Waals surface area contributed by atoms with Crippen molar-refractivity contribution in [1.29, 1.82) is 0 Å². The molecule has 0 aromatic heterocycles. The average Bonchev–Trinajstić information content (AvgIpc) is 3.04. The van der Waals surface area contributed by atoms with Gasteiger partial charge in [-0.05, 0) is 69.0 Å². The largest absolute Gasteiger partial charge is 0.376 e. The molecule has 3 heterocycles. The third-order valence-corrected chi connectivity index (χ3v) is 6.90. The molecule has 27 heavy (non-hydrogen) atoms. The number of carbonyl (C=O) groups excluding carboxylic acids is 1. The fourth-order valence-corrected chi connectivity index (χ4v) is 5.16. The first-order valence-electron chi connectivity index (χ1n) is 10.7. The molecule has 4 rings (SSSR count). The molecule has 1 aromatic carbocycles. The van der Waals surface area contributed by atoms with Gasteiger partial charge in [0, 0.05) is 31.7 Å². The zero-order valence-electron chi connectivity index (χ0n) is 17.0. The Morgan fingerprint density at radius 1 is 1.19 bits per heavy atom. The van der Waals surface area contributed by atoms with Crippen LogP contribution in [0.5, 0.6) is 0 Å². The number of piperidine rings is 2. The molecule has 2 atom stereocenters. The molecule has 0 aliphatic carbocycles. The maximum Gasteiger partial charge on any atom is 0.253 e. The summed E-state index contributed by atoms with van der Waals surface area (Å²) in [5, 5.41) is 0. The van der Waals surface area contributed by atoms with Gasteiger partial charge in [-0.25, -0.2) is 0 Å². The monoisotopic (exact) mass is 370 g/mol. The van der Waals surface area contributed by atoms with E-state index in [0.717, 1.165) is 50.6 Å². The Labute approximate surface area is 163 Å². The van der Waals surface area contributed by atoms with Gasteiger partial charge in [0.05, 0.1) is 12.7 Å². The summed E-state index contributed by atoms with van der Waals surface area (Å²) in [6, 6.07) is 7.96. The highest BCUT2D eigenvalue weighted by molar-refractivity contribution is 5.94. The minimum atomic E-state index is 0.183. The van der Waals surface area contributed by atoms with Crippen LogP contribution in [0.1, 0.15) is 54.9 Å². The van der Waals surface area contributed by atoms with E-state index < -0.39 is 0 Å². The van der Waals surface area contributed by atoms with Crippen molar-refractivity contribution in [3.8, 4) is 0 Å². The maximum atomic E-state index is 12.8. The van der Waals surface area contributed by atoms with Crippen LogP contribution in [-0.4, -0.2) is 61.1 Å². The molecule has 4 heteroatoms. The number of benzene rings is 1. The molecule has 1 amide bonds. The van der Waals surface area contributed by atoms with Crippen LogP contribution in [0.25, 0.3) is 0 Å². The fraction of sp³-hybridized carbons (Fsp3) is 0.696. The van der Waals surface area contributed by atoms with Crippen LogP contribution in [-0.2, 0) is 4.74 Å². The van der Waals surface area contributed by atoms with Crippen LogP contribution in [0.2, 0.25) is 0 Å².